The summed E-state index contributed by atoms with van der Waals surface area (Å²) >= 11 is 0. The van der Waals surface area contributed by atoms with Crippen LogP contribution >= 0.6 is 0 Å². The molecule has 0 unspecified atom stereocenters. The van der Waals surface area contributed by atoms with Gasteiger partial charge in [0, 0.05) is 38.2 Å². The molecule has 2 aromatic heterocycles. The maximum Gasteiger partial charge on any atom is 0.0562 e. The second kappa shape index (κ2) is 12.6. The highest BCUT2D eigenvalue weighted by molar-refractivity contribution is 6.16. The molecule has 61 heavy (non-hydrogen) atoms. The van der Waals surface area contributed by atoms with Crippen molar-refractivity contribution in [1.29, 1.82) is 0 Å². The molecule has 4 fully saturated rings. The summed E-state index contributed by atoms with van der Waals surface area (Å²) in [5.74, 6) is 3.26. The van der Waals surface area contributed by atoms with Crippen LogP contribution in [0, 0.1) is 23.7 Å². The molecule has 0 saturated heterocycles. The van der Waals surface area contributed by atoms with E-state index in [1.54, 1.807) is 11.1 Å². The van der Waals surface area contributed by atoms with Gasteiger partial charge in [0.1, 0.15) is 0 Å². The van der Waals surface area contributed by atoms with Crippen LogP contribution in [0.1, 0.15) is 43.2 Å². The van der Waals surface area contributed by atoms with Crippen molar-refractivity contribution in [3.05, 3.63) is 199 Å². The van der Waals surface area contributed by atoms with Crippen LogP contribution < -0.4 is 4.90 Å². The third-order valence-electron chi connectivity index (χ3n) is 15.7. The normalized spacial score (nSPS) is 20.9. The lowest BCUT2D eigenvalue weighted by atomic mass is 9.41. The topological polar surface area (TPSA) is 13.1 Å². The average Bonchev–Trinajstić information content (AvgIpc) is 3.83. The number of nitrogens with zero attached hydrogens (tertiary/aromatic N) is 3. The number of fused-ring (bicyclic) bond motifs is 8. The molecule has 4 bridgehead atoms. The average molecular weight is 784 g/mol. The largest absolute Gasteiger partial charge is 0.310 e. The molecule has 4 saturated carbocycles. The van der Waals surface area contributed by atoms with E-state index in [-0.39, 0.29) is 5.41 Å². The first-order valence-electron chi connectivity index (χ1n) is 22.5. The van der Waals surface area contributed by atoms with Gasteiger partial charge in [0.05, 0.1) is 44.8 Å². The monoisotopic (exact) mass is 783 g/mol. The van der Waals surface area contributed by atoms with E-state index in [2.05, 4.69) is 202 Å². The Kier molecular flexibility index (Phi) is 7.01. The molecule has 1 spiro atoms. The number of hydrogen-bond donors (Lipinski definition) is 0. The minimum absolute atomic E-state index is 0.0932. The van der Waals surface area contributed by atoms with Crippen LogP contribution in [0.2, 0.25) is 0 Å². The van der Waals surface area contributed by atoms with Crippen LogP contribution in [-0.2, 0) is 5.41 Å². The van der Waals surface area contributed by atoms with Crippen molar-refractivity contribution in [2.24, 2.45) is 23.7 Å². The lowest BCUT2D eigenvalue weighted by Gasteiger charge is -2.64. The van der Waals surface area contributed by atoms with Crippen LogP contribution in [0.15, 0.2) is 188 Å². The molecule has 10 aromatic rings. The van der Waals surface area contributed by atoms with Crippen molar-refractivity contribution in [3.8, 4) is 22.5 Å². The summed E-state index contributed by atoms with van der Waals surface area (Å²) in [6.45, 7) is 0. The zero-order valence-electron chi connectivity index (χ0n) is 34.1. The third kappa shape index (κ3) is 4.53. The molecule has 8 aromatic carbocycles. The van der Waals surface area contributed by atoms with E-state index >= 15 is 0 Å². The molecule has 1 aliphatic heterocycles. The Balaban J connectivity index is 0.957. The van der Waals surface area contributed by atoms with Gasteiger partial charge in [0.2, 0.25) is 0 Å². The van der Waals surface area contributed by atoms with Gasteiger partial charge in [-0.3, -0.25) is 0 Å². The van der Waals surface area contributed by atoms with E-state index < -0.39 is 0 Å². The van der Waals surface area contributed by atoms with E-state index in [0.717, 1.165) is 11.8 Å². The van der Waals surface area contributed by atoms with Crippen LogP contribution in [0.4, 0.5) is 17.1 Å². The van der Waals surface area contributed by atoms with Gasteiger partial charge >= 0.3 is 0 Å². The fourth-order valence-corrected chi connectivity index (χ4v) is 13.8. The Labute approximate surface area is 356 Å². The van der Waals surface area contributed by atoms with Gasteiger partial charge in [-0.05, 0) is 133 Å². The summed E-state index contributed by atoms with van der Waals surface area (Å²) in [5.41, 5.74) is 16.8. The molecular weight excluding hydrogens is 739 g/mol. The first-order valence-corrected chi connectivity index (χ1v) is 22.5. The van der Waals surface area contributed by atoms with Gasteiger partial charge in [0.15, 0.2) is 0 Å². The van der Waals surface area contributed by atoms with Crippen molar-refractivity contribution in [2.75, 3.05) is 4.90 Å². The summed E-state index contributed by atoms with van der Waals surface area (Å²) in [7, 11) is 0. The van der Waals surface area contributed by atoms with Crippen molar-refractivity contribution < 1.29 is 0 Å². The van der Waals surface area contributed by atoms with Gasteiger partial charge in [-0.1, -0.05) is 127 Å². The molecule has 0 radical (unpaired) electrons. The van der Waals surface area contributed by atoms with E-state index in [4.69, 9.17) is 0 Å². The van der Waals surface area contributed by atoms with Crippen molar-refractivity contribution in [1.82, 2.24) is 9.13 Å². The zero-order valence-corrected chi connectivity index (χ0v) is 34.1. The summed E-state index contributed by atoms with van der Waals surface area (Å²) in [6, 6.07) is 70.8. The van der Waals surface area contributed by atoms with Crippen LogP contribution in [0.25, 0.3) is 66.1 Å². The number of aromatic nitrogens is 2. The number of hydrogen-bond acceptors (Lipinski definition) is 1. The summed E-state index contributed by atoms with van der Waals surface area (Å²) in [6.07, 6.45) is 6.98. The van der Waals surface area contributed by atoms with E-state index in [9.17, 15) is 0 Å². The highest BCUT2D eigenvalue weighted by atomic mass is 15.2. The lowest BCUT2D eigenvalue weighted by molar-refractivity contribution is -0.0419. The Morgan fingerprint density at radius 2 is 0.852 bits per heavy atom. The predicted molar refractivity (Wildman–Crippen MR) is 253 cm³/mol. The van der Waals surface area contributed by atoms with Crippen molar-refractivity contribution >= 4 is 60.7 Å². The fourth-order valence-electron chi connectivity index (χ4n) is 13.8. The standard InChI is InChI=1S/C58H45N3/c1-7-23-49(60-52-26-10-4-20-46(52)57-55(60)29-14-30-56(57)61-50-24-8-2-18-44(50)45-19-3-9-25-51(45)61)43(17-1)39-15-13-16-42(36-39)59-53-27-11-5-21-47(53)58(48-22-6-12-28-54(48)59)40-32-37-31-38(34-40)35-41(58)33-37/h1-30,36-38,40-41H,31-35H2. The number of anilines is 3. The minimum atomic E-state index is 0.0932. The molecule has 5 aliphatic rings. The van der Waals surface area contributed by atoms with Gasteiger partial charge in [-0.25, -0.2) is 0 Å². The fraction of sp³-hybridized carbons (Fsp3) is 0.172. The Morgan fingerprint density at radius 1 is 0.377 bits per heavy atom. The molecule has 0 atom stereocenters. The SMILES string of the molecule is c1cc(-c2ccccc2-n2c3ccccc3c3c(-n4c5ccccc5c5ccccc54)cccc32)cc(N2c3ccccc3C3(c4ccccc42)C2CC4CC(C2)CC3C4)c1. The van der Waals surface area contributed by atoms with Gasteiger partial charge in [0.25, 0.3) is 0 Å². The zero-order chi connectivity index (χ0) is 39.8. The minimum Gasteiger partial charge on any atom is -0.310 e. The predicted octanol–water partition coefficient (Wildman–Crippen LogP) is 15.1. The van der Waals surface area contributed by atoms with E-state index in [1.165, 1.54) is 115 Å². The van der Waals surface area contributed by atoms with Gasteiger partial charge in [-0.15, -0.1) is 0 Å². The van der Waals surface area contributed by atoms with Crippen LogP contribution in [-0.4, -0.2) is 9.13 Å². The summed E-state index contributed by atoms with van der Waals surface area (Å²) in [4.78, 5) is 2.59. The molecule has 3 nitrogen and oxygen atoms in total. The summed E-state index contributed by atoms with van der Waals surface area (Å²) < 4.78 is 4.98. The number of para-hydroxylation sites is 6. The maximum atomic E-state index is 2.59. The second-order valence-electron chi connectivity index (χ2n) is 18.5. The smallest absolute Gasteiger partial charge is 0.0562 e. The number of benzene rings is 8. The molecule has 3 heterocycles. The van der Waals surface area contributed by atoms with Crippen LogP contribution in [0.3, 0.4) is 0 Å². The Bertz CT molecular complexity index is 3290. The quantitative estimate of drug-likeness (QED) is 0.173. The molecule has 0 N–H and O–H groups in total. The molecule has 15 rings (SSSR count). The number of rotatable bonds is 4. The molecule has 292 valence electrons. The highest BCUT2D eigenvalue weighted by Gasteiger charge is 2.61. The molecule has 0 amide bonds. The lowest BCUT2D eigenvalue weighted by Crippen LogP contribution is -2.57. The van der Waals surface area contributed by atoms with Gasteiger partial charge in [-0.2, -0.15) is 0 Å². The molecule has 4 aliphatic carbocycles. The molecule has 3 heteroatoms. The highest BCUT2D eigenvalue weighted by Crippen LogP contribution is 2.69. The Hall–Kier alpha value is -6.84. The Morgan fingerprint density at radius 3 is 1.51 bits per heavy atom. The van der Waals surface area contributed by atoms with Crippen LogP contribution in [0.5, 0.6) is 0 Å². The molecular formula is C58H45N3. The first-order chi connectivity index (χ1) is 30.3. The summed E-state index contributed by atoms with van der Waals surface area (Å²) in [5, 5.41) is 5.06. The third-order valence-corrected chi connectivity index (χ3v) is 15.7. The maximum absolute atomic E-state index is 2.59. The second-order valence-corrected chi connectivity index (χ2v) is 18.5. The first kappa shape index (κ1) is 33.9. The van der Waals surface area contributed by atoms with E-state index in [0.29, 0.717) is 11.8 Å². The van der Waals surface area contributed by atoms with Crippen molar-refractivity contribution in [3.63, 3.8) is 0 Å². The van der Waals surface area contributed by atoms with Crippen molar-refractivity contribution in [2.45, 2.75) is 37.5 Å². The van der Waals surface area contributed by atoms with E-state index in [1.807, 2.05) is 0 Å². The van der Waals surface area contributed by atoms with Gasteiger partial charge < -0.3 is 14.0 Å².